The molecule has 0 aromatic heterocycles. The van der Waals surface area contributed by atoms with Gasteiger partial charge in [0.15, 0.2) is 0 Å². The zero-order valence-electron chi connectivity index (χ0n) is 10.5. The molecule has 1 amide bonds. The summed E-state index contributed by atoms with van der Waals surface area (Å²) in [6, 6.07) is 2.18. The summed E-state index contributed by atoms with van der Waals surface area (Å²) in [6.07, 6.45) is 0. The molecule has 0 aliphatic heterocycles. The van der Waals surface area contributed by atoms with Crippen molar-refractivity contribution in [2.45, 2.75) is 34.2 Å². The van der Waals surface area contributed by atoms with E-state index in [0.29, 0.717) is 6.54 Å². The van der Waals surface area contributed by atoms with Crippen molar-refractivity contribution < 1.29 is 4.79 Å². The van der Waals surface area contributed by atoms with Gasteiger partial charge >= 0.3 is 0 Å². The number of hydrogen-bond donors (Lipinski definition) is 2. The van der Waals surface area contributed by atoms with E-state index in [2.05, 4.69) is 39.1 Å². The van der Waals surface area contributed by atoms with Gasteiger partial charge < -0.3 is 11.1 Å². The van der Waals surface area contributed by atoms with Crippen molar-refractivity contribution in [1.82, 2.24) is 5.32 Å². The van der Waals surface area contributed by atoms with E-state index < -0.39 is 0 Å². The number of carbonyl (C=O) groups excluding carboxylic acids is 1. The van der Waals surface area contributed by atoms with Crippen LogP contribution in [0.15, 0.2) is 6.07 Å². The summed E-state index contributed by atoms with van der Waals surface area (Å²) in [5.41, 5.74) is 11.5. The highest BCUT2D eigenvalue weighted by molar-refractivity contribution is 5.77. The predicted molar refractivity (Wildman–Crippen MR) is 66.3 cm³/mol. The minimum atomic E-state index is -0.113. The molecule has 88 valence electrons. The van der Waals surface area contributed by atoms with Gasteiger partial charge in [-0.05, 0) is 55.5 Å². The Bertz CT molecular complexity index is 385. The highest BCUT2D eigenvalue weighted by atomic mass is 16.1. The first-order valence-electron chi connectivity index (χ1n) is 5.50. The zero-order valence-corrected chi connectivity index (χ0v) is 10.5. The fourth-order valence-electron chi connectivity index (χ4n) is 1.82. The number of nitrogens with one attached hydrogen (secondary N) is 1. The first-order chi connectivity index (χ1) is 7.47. The van der Waals surface area contributed by atoms with Crippen LogP contribution in [0.1, 0.15) is 27.8 Å². The smallest absolute Gasteiger partial charge is 0.234 e. The minimum absolute atomic E-state index is 0.0445. The topological polar surface area (TPSA) is 55.1 Å². The number of carbonyl (C=O) groups is 1. The summed E-state index contributed by atoms with van der Waals surface area (Å²) in [5.74, 6) is -0.113. The normalized spacial score (nSPS) is 10.3. The lowest BCUT2D eigenvalue weighted by atomic mass is 9.94. The SMILES string of the molecule is Cc1cc(C)c(C)c(CNC(=O)CN)c1C. The molecule has 1 aromatic carbocycles. The summed E-state index contributed by atoms with van der Waals surface area (Å²) in [6.45, 7) is 8.97. The number of amides is 1. The van der Waals surface area contributed by atoms with Crippen molar-refractivity contribution in [1.29, 1.82) is 0 Å². The Labute approximate surface area is 97.0 Å². The van der Waals surface area contributed by atoms with Crippen molar-refractivity contribution in [3.63, 3.8) is 0 Å². The average molecular weight is 220 g/mol. The monoisotopic (exact) mass is 220 g/mol. The van der Waals surface area contributed by atoms with Gasteiger partial charge in [0.1, 0.15) is 0 Å². The van der Waals surface area contributed by atoms with E-state index in [1.807, 2.05) is 0 Å². The second-order valence-corrected chi connectivity index (χ2v) is 4.22. The van der Waals surface area contributed by atoms with Crippen molar-refractivity contribution in [3.05, 3.63) is 33.9 Å². The van der Waals surface area contributed by atoms with Gasteiger partial charge in [0.05, 0.1) is 6.54 Å². The summed E-state index contributed by atoms with van der Waals surface area (Å²) in [4.78, 5) is 11.1. The van der Waals surface area contributed by atoms with Gasteiger partial charge in [-0.25, -0.2) is 0 Å². The second kappa shape index (κ2) is 5.12. The van der Waals surface area contributed by atoms with E-state index >= 15 is 0 Å². The summed E-state index contributed by atoms with van der Waals surface area (Å²) < 4.78 is 0. The van der Waals surface area contributed by atoms with Gasteiger partial charge in [-0.1, -0.05) is 6.07 Å². The van der Waals surface area contributed by atoms with Gasteiger partial charge in [0.2, 0.25) is 5.91 Å². The number of benzene rings is 1. The lowest BCUT2D eigenvalue weighted by Crippen LogP contribution is -2.30. The molecule has 0 saturated heterocycles. The Morgan fingerprint density at radius 2 is 1.69 bits per heavy atom. The largest absolute Gasteiger partial charge is 0.351 e. The number of aryl methyl sites for hydroxylation is 2. The van der Waals surface area contributed by atoms with Gasteiger partial charge in [-0.3, -0.25) is 4.79 Å². The molecule has 0 radical (unpaired) electrons. The summed E-state index contributed by atoms with van der Waals surface area (Å²) in [5, 5.41) is 2.82. The van der Waals surface area contributed by atoms with Crippen molar-refractivity contribution >= 4 is 5.91 Å². The molecule has 0 fully saturated rings. The van der Waals surface area contributed by atoms with E-state index in [9.17, 15) is 4.79 Å². The third-order valence-corrected chi connectivity index (χ3v) is 3.17. The standard InChI is InChI=1S/C13H20N2O/c1-8-5-9(2)11(4)12(10(8)3)7-15-13(16)6-14/h5H,6-7,14H2,1-4H3,(H,15,16). The fraction of sp³-hybridized carbons (Fsp3) is 0.462. The van der Waals surface area contributed by atoms with E-state index in [1.165, 1.54) is 27.8 Å². The van der Waals surface area contributed by atoms with Crippen molar-refractivity contribution in [3.8, 4) is 0 Å². The van der Waals surface area contributed by atoms with E-state index in [4.69, 9.17) is 5.73 Å². The molecule has 0 bridgehead atoms. The first kappa shape index (κ1) is 12.7. The third kappa shape index (κ3) is 2.61. The Balaban J connectivity index is 2.99. The predicted octanol–water partition coefficient (Wildman–Crippen LogP) is 1.50. The van der Waals surface area contributed by atoms with Crippen LogP contribution in [0.3, 0.4) is 0 Å². The molecule has 0 spiro atoms. The molecule has 16 heavy (non-hydrogen) atoms. The average Bonchev–Trinajstić information content (AvgIpc) is 2.26. The summed E-state index contributed by atoms with van der Waals surface area (Å²) in [7, 11) is 0. The lowest BCUT2D eigenvalue weighted by molar-refractivity contribution is -0.119. The van der Waals surface area contributed by atoms with E-state index in [0.717, 1.165) is 0 Å². The van der Waals surface area contributed by atoms with Crippen molar-refractivity contribution in [2.24, 2.45) is 5.73 Å². The van der Waals surface area contributed by atoms with Gasteiger partial charge in [0.25, 0.3) is 0 Å². The highest BCUT2D eigenvalue weighted by Gasteiger charge is 2.08. The van der Waals surface area contributed by atoms with Crippen LogP contribution in [0.5, 0.6) is 0 Å². The van der Waals surface area contributed by atoms with Crippen LogP contribution in [0.2, 0.25) is 0 Å². The van der Waals surface area contributed by atoms with Gasteiger partial charge in [-0.2, -0.15) is 0 Å². The molecule has 1 aromatic rings. The molecular formula is C13H20N2O. The Hall–Kier alpha value is -1.35. The van der Waals surface area contributed by atoms with Crippen LogP contribution in [0.4, 0.5) is 0 Å². The highest BCUT2D eigenvalue weighted by Crippen LogP contribution is 2.21. The third-order valence-electron chi connectivity index (χ3n) is 3.17. The molecule has 0 unspecified atom stereocenters. The second-order valence-electron chi connectivity index (χ2n) is 4.22. The molecule has 0 aliphatic rings. The zero-order chi connectivity index (χ0) is 12.3. The number of nitrogens with two attached hydrogens (primary N) is 1. The maximum atomic E-state index is 11.1. The van der Waals surface area contributed by atoms with Crippen LogP contribution < -0.4 is 11.1 Å². The van der Waals surface area contributed by atoms with E-state index in [-0.39, 0.29) is 12.5 Å². The minimum Gasteiger partial charge on any atom is -0.351 e. The molecule has 0 atom stereocenters. The molecule has 3 heteroatoms. The molecule has 3 N–H and O–H groups in total. The number of rotatable bonds is 3. The maximum absolute atomic E-state index is 11.1. The molecule has 0 saturated carbocycles. The fourth-order valence-corrected chi connectivity index (χ4v) is 1.82. The molecule has 0 aliphatic carbocycles. The van der Waals surface area contributed by atoms with Crippen LogP contribution in [-0.4, -0.2) is 12.5 Å². The number of hydrogen-bond acceptors (Lipinski definition) is 2. The van der Waals surface area contributed by atoms with E-state index in [1.54, 1.807) is 0 Å². The Kier molecular flexibility index (Phi) is 4.07. The van der Waals surface area contributed by atoms with Crippen LogP contribution in [0, 0.1) is 27.7 Å². The molecular weight excluding hydrogens is 200 g/mol. The van der Waals surface area contributed by atoms with Crippen LogP contribution in [-0.2, 0) is 11.3 Å². The maximum Gasteiger partial charge on any atom is 0.234 e. The van der Waals surface area contributed by atoms with Crippen molar-refractivity contribution in [2.75, 3.05) is 6.54 Å². The molecule has 0 heterocycles. The Morgan fingerprint density at radius 1 is 1.19 bits per heavy atom. The van der Waals surface area contributed by atoms with Crippen LogP contribution in [0.25, 0.3) is 0 Å². The summed E-state index contributed by atoms with van der Waals surface area (Å²) >= 11 is 0. The lowest BCUT2D eigenvalue weighted by Gasteiger charge is -2.15. The first-order valence-corrected chi connectivity index (χ1v) is 5.50. The van der Waals surface area contributed by atoms with Gasteiger partial charge in [-0.15, -0.1) is 0 Å². The van der Waals surface area contributed by atoms with Gasteiger partial charge in [0, 0.05) is 6.54 Å². The quantitative estimate of drug-likeness (QED) is 0.811. The Morgan fingerprint density at radius 3 is 2.12 bits per heavy atom. The van der Waals surface area contributed by atoms with Crippen LogP contribution >= 0.6 is 0 Å². The molecule has 3 nitrogen and oxygen atoms in total. The molecule has 1 rings (SSSR count).